The molecule has 64 valence electrons. The van der Waals surface area contributed by atoms with Crippen molar-refractivity contribution in [1.82, 2.24) is 4.90 Å². The first-order valence-corrected chi connectivity index (χ1v) is 4.15. The Hall–Kier alpha value is -0.500. The van der Waals surface area contributed by atoms with Gasteiger partial charge in [-0.3, -0.25) is 0 Å². The second-order valence-electron chi connectivity index (χ2n) is 3.17. The van der Waals surface area contributed by atoms with Crippen LogP contribution in [0, 0.1) is 0 Å². The van der Waals surface area contributed by atoms with Crippen LogP contribution in [0.4, 0.5) is 0 Å². The molecule has 0 aromatic rings. The summed E-state index contributed by atoms with van der Waals surface area (Å²) in [5.74, 6) is 0. The smallest absolute Gasteiger partial charge is 0.0591 e. The van der Waals surface area contributed by atoms with Crippen LogP contribution in [0.25, 0.3) is 0 Å². The highest BCUT2D eigenvalue weighted by Gasteiger charge is 2.15. The van der Waals surface area contributed by atoms with Crippen molar-refractivity contribution in [2.75, 3.05) is 20.7 Å². The lowest BCUT2D eigenvalue weighted by atomic mass is 10.1. The Bertz CT molecular complexity index is 144. The number of rotatable bonds is 1. The van der Waals surface area contributed by atoms with E-state index < -0.39 is 0 Å². The lowest BCUT2D eigenvalue weighted by molar-refractivity contribution is 0.0906. The van der Waals surface area contributed by atoms with Crippen molar-refractivity contribution < 1.29 is 4.74 Å². The molecule has 0 saturated carbocycles. The summed E-state index contributed by atoms with van der Waals surface area (Å²) >= 11 is 0. The SMILES string of the molecule is C=C1CCC(OC)CCN1C. The number of likely N-dealkylation sites (tertiary alicyclic amines) is 1. The number of allylic oxidation sites excluding steroid dienone is 1. The summed E-state index contributed by atoms with van der Waals surface area (Å²) in [7, 11) is 3.89. The minimum atomic E-state index is 0.441. The first-order chi connectivity index (χ1) is 5.24. The van der Waals surface area contributed by atoms with Gasteiger partial charge in [-0.05, 0) is 19.3 Å². The van der Waals surface area contributed by atoms with E-state index in [1.54, 1.807) is 7.11 Å². The summed E-state index contributed by atoms with van der Waals surface area (Å²) in [6.07, 6.45) is 3.78. The van der Waals surface area contributed by atoms with Crippen molar-refractivity contribution >= 4 is 0 Å². The van der Waals surface area contributed by atoms with Gasteiger partial charge in [0.05, 0.1) is 6.10 Å². The molecule has 0 aromatic heterocycles. The molecule has 0 radical (unpaired) electrons. The molecule has 11 heavy (non-hydrogen) atoms. The number of hydrogen-bond acceptors (Lipinski definition) is 2. The molecule has 0 spiro atoms. The van der Waals surface area contributed by atoms with Crippen LogP contribution in [0.15, 0.2) is 12.3 Å². The lowest BCUT2D eigenvalue weighted by Gasteiger charge is -2.17. The van der Waals surface area contributed by atoms with Crippen LogP contribution in [0.3, 0.4) is 0 Å². The standard InChI is InChI=1S/C9H17NO/c1-8-4-5-9(11-3)6-7-10(8)2/h9H,1,4-7H2,2-3H3. The average molecular weight is 155 g/mol. The Morgan fingerprint density at radius 1 is 1.55 bits per heavy atom. The lowest BCUT2D eigenvalue weighted by Crippen LogP contribution is -2.18. The summed E-state index contributed by atoms with van der Waals surface area (Å²) in [6, 6.07) is 0. The van der Waals surface area contributed by atoms with Crippen LogP contribution >= 0.6 is 0 Å². The molecule has 2 heteroatoms. The third-order valence-corrected chi connectivity index (χ3v) is 2.41. The molecule has 1 saturated heterocycles. The normalized spacial score (nSPS) is 26.9. The zero-order chi connectivity index (χ0) is 8.27. The Balaban J connectivity index is 2.44. The van der Waals surface area contributed by atoms with Crippen LogP contribution in [-0.4, -0.2) is 31.7 Å². The topological polar surface area (TPSA) is 12.5 Å². The van der Waals surface area contributed by atoms with Crippen molar-refractivity contribution in [2.24, 2.45) is 0 Å². The number of methoxy groups -OCH3 is 1. The maximum absolute atomic E-state index is 5.30. The highest BCUT2D eigenvalue weighted by atomic mass is 16.5. The van der Waals surface area contributed by atoms with Crippen LogP contribution < -0.4 is 0 Å². The second kappa shape index (κ2) is 3.77. The molecule has 1 rings (SSSR count). The number of nitrogens with zero attached hydrogens (tertiary/aromatic N) is 1. The number of ether oxygens (including phenoxy) is 1. The van der Waals surface area contributed by atoms with E-state index in [-0.39, 0.29) is 0 Å². The highest BCUT2D eigenvalue weighted by Crippen LogP contribution is 2.18. The first-order valence-electron chi connectivity index (χ1n) is 4.15. The van der Waals surface area contributed by atoms with E-state index in [2.05, 4.69) is 18.5 Å². The van der Waals surface area contributed by atoms with Gasteiger partial charge in [0.2, 0.25) is 0 Å². The van der Waals surface area contributed by atoms with E-state index in [0.717, 1.165) is 25.8 Å². The average Bonchev–Trinajstić information content (AvgIpc) is 2.16. The monoisotopic (exact) mass is 155 g/mol. The van der Waals surface area contributed by atoms with Crippen molar-refractivity contribution in [1.29, 1.82) is 0 Å². The summed E-state index contributed by atoms with van der Waals surface area (Å²) < 4.78 is 5.30. The molecule has 1 atom stereocenters. The largest absolute Gasteiger partial charge is 0.381 e. The molecule has 1 aliphatic heterocycles. The molecule has 1 unspecified atom stereocenters. The van der Waals surface area contributed by atoms with E-state index in [9.17, 15) is 0 Å². The van der Waals surface area contributed by atoms with Crippen molar-refractivity contribution in [3.63, 3.8) is 0 Å². The van der Waals surface area contributed by atoms with Gasteiger partial charge in [0.1, 0.15) is 0 Å². The maximum Gasteiger partial charge on any atom is 0.0591 e. The van der Waals surface area contributed by atoms with Gasteiger partial charge in [0.25, 0.3) is 0 Å². The highest BCUT2D eigenvalue weighted by molar-refractivity contribution is 4.95. The zero-order valence-corrected chi connectivity index (χ0v) is 7.47. The van der Waals surface area contributed by atoms with Gasteiger partial charge in [-0.2, -0.15) is 0 Å². The van der Waals surface area contributed by atoms with Crippen LogP contribution in [-0.2, 0) is 4.74 Å². The van der Waals surface area contributed by atoms with Crippen molar-refractivity contribution in [3.8, 4) is 0 Å². The van der Waals surface area contributed by atoms with Gasteiger partial charge in [-0.25, -0.2) is 0 Å². The van der Waals surface area contributed by atoms with Crippen LogP contribution in [0.2, 0.25) is 0 Å². The molecule has 0 N–H and O–H groups in total. The van der Waals surface area contributed by atoms with E-state index in [0.29, 0.717) is 6.10 Å². The Kier molecular flexibility index (Phi) is 2.94. The van der Waals surface area contributed by atoms with Gasteiger partial charge >= 0.3 is 0 Å². The van der Waals surface area contributed by atoms with Gasteiger partial charge in [0.15, 0.2) is 0 Å². The van der Waals surface area contributed by atoms with E-state index in [4.69, 9.17) is 4.74 Å². The Morgan fingerprint density at radius 3 is 2.91 bits per heavy atom. The molecule has 0 aliphatic carbocycles. The molecule has 1 aliphatic rings. The fourth-order valence-corrected chi connectivity index (χ4v) is 1.39. The molecule has 0 aromatic carbocycles. The van der Waals surface area contributed by atoms with Gasteiger partial charge in [-0.1, -0.05) is 6.58 Å². The first kappa shape index (κ1) is 8.60. The summed E-state index contributed by atoms with van der Waals surface area (Å²) in [6.45, 7) is 5.07. The summed E-state index contributed by atoms with van der Waals surface area (Å²) in [5, 5.41) is 0. The van der Waals surface area contributed by atoms with Crippen LogP contribution in [0.1, 0.15) is 19.3 Å². The van der Waals surface area contributed by atoms with E-state index in [1.165, 1.54) is 5.70 Å². The van der Waals surface area contributed by atoms with Crippen LogP contribution in [0.5, 0.6) is 0 Å². The Morgan fingerprint density at radius 2 is 2.27 bits per heavy atom. The third-order valence-electron chi connectivity index (χ3n) is 2.41. The molecule has 0 amide bonds. The molecule has 1 fully saturated rings. The quantitative estimate of drug-likeness (QED) is 0.570. The predicted molar refractivity (Wildman–Crippen MR) is 46.4 cm³/mol. The second-order valence-corrected chi connectivity index (χ2v) is 3.17. The maximum atomic E-state index is 5.30. The molecular formula is C9H17NO. The molecule has 0 bridgehead atoms. The predicted octanol–water partition coefficient (Wildman–Crippen LogP) is 1.63. The fraction of sp³-hybridized carbons (Fsp3) is 0.778. The van der Waals surface area contributed by atoms with Crippen molar-refractivity contribution in [3.05, 3.63) is 12.3 Å². The van der Waals surface area contributed by atoms with E-state index in [1.807, 2.05) is 0 Å². The Labute approximate surface area is 68.8 Å². The molecule has 2 nitrogen and oxygen atoms in total. The van der Waals surface area contributed by atoms with Crippen molar-refractivity contribution in [2.45, 2.75) is 25.4 Å². The summed E-state index contributed by atoms with van der Waals surface area (Å²) in [4.78, 5) is 2.22. The minimum Gasteiger partial charge on any atom is -0.381 e. The van der Waals surface area contributed by atoms with Gasteiger partial charge < -0.3 is 9.64 Å². The molecule has 1 heterocycles. The van der Waals surface area contributed by atoms with Gasteiger partial charge in [-0.15, -0.1) is 0 Å². The minimum absolute atomic E-state index is 0.441. The fourth-order valence-electron chi connectivity index (χ4n) is 1.39. The van der Waals surface area contributed by atoms with E-state index >= 15 is 0 Å². The number of hydrogen-bond donors (Lipinski definition) is 0. The zero-order valence-electron chi connectivity index (χ0n) is 7.47. The summed E-state index contributed by atoms with van der Waals surface area (Å²) in [5.41, 5.74) is 1.24. The van der Waals surface area contributed by atoms with Gasteiger partial charge in [0, 0.05) is 26.4 Å². The molecular weight excluding hydrogens is 138 g/mol. The third kappa shape index (κ3) is 2.22.